The van der Waals surface area contributed by atoms with E-state index in [4.69, 9.17) is 5.11 Å². The van der Waals surface area contributed by atoms with Gasteiger partial charge in [-0.1, -0.05) is 19.8 Å². The van der Waals surface area contributed by atoms with Crippen LogP contribution in [0.3, 0.4) is 0 Å². The van der Waals surface area contributed by atoms with Crippen LogP contribution in [-0.4, -0.2) is 41.6 Å². The Hall–Kier alpha value is -1.79. The number of hydrogen-bond acceptors (Lipinski definition) is 3. The van der Waals surface area contributed by atoms with Gasteiger partial charge in [0.1, 0.15) is 12.1 Å². The number of nitrogens with one attached hydrogen (secondary N) is 3. The molecule has 1 saturated heterocycles. The Labute approximate surface area is 112 Å². The molecule has 0 aliphatic carbocycles. The van der Waals surface area contributed by atoms with E-state index in [1.807, 2.05) is 6.92 Å². The maximum absolute atomic E-state index is 11.7. The van der Waals surface area contributed by atoms with Gasteiger partial charge < -0.3 is 21.1 Å². The second kappa shape index (κ2) is 7.60. The van der Waals surface area contributed by atoms with Crippen molar-refractivity contribution in [1.29, 1.82) is 0 Å². The monoisotopic (exact) mass is 271 g/mol. The van der Waals surface area contributed by atoms with Crippen molar-refractivity contribution in [3.8, 4) is 0 Å². The number of hydrogen-bond donors (Lipinski definition) is 4. The van der Waals surface area contributed by atoms with Crippen LogP contribution in [0, 0.1) is 0 Å². The van der Waals surface area contributed by atoms with E-state index < -0.39 is 24.1 Å². The van der Waals surface area contributed by atoms with E-state index in [-0.39, 0.29) is 5.91 Å². The topological polar surface area (TPSA) is 108 Å². The number of carbonyl (C=O) groups excluding carboxylic acids is 2. The summed E-state index contributed by atoms with van der Waals surface area (Å²) in [6.07, 6.45) is 3.34. The fraction of sp³-hybridized carbons (Fsp3) is 0.750. The van der Waals surface area contributed by atoms with E-state index in [1.165, 1.54) is 0 Å². The Morgan fingerprint density at radius 2 is 2.26 bits per heavy atom. The first-order chi connectivity index (χ1) is 9.04. The SMILES string of the molecule is CCCCC(NC(=O)NC1CCCNC1=O)C(=O)O. The van der Waals surface area contributed by atoms with Crippen molar-refractivity contribution in [1.82, 2.24) is 16.0 Å². The van der Waals surface area contributed by atoms with Gasteiger partial charge in [0.2, 0.25) is 5.91 Å². The second-order valence-corrected chi connectivity index (χ2v) is 4.64. The molecule has 1 rings (SSSR count). The molecule has 0 spiro atoms. The van der Waals surface area contributed by atoms with Gasteiger partial charge in [-0.2, -0.15) is 0 Å². The number of carboxylic acids is 1. The van der Waals surface area contributed by atoms with E-state index in [9.17, 15) is 14.4 Å². The highest BCUT2D eigenvalue weighted by molar-refractivity contribution is 5.89. The highest BCUT2D eigenvalue weighted by Gasteiger charge is 2.25. The molecule has 0 radical (unpaired) electrons. The summed E-state index contributed by atoms with van der Waals surface area (Å²) in [6, 6.07) is -2.09. The molecule has 1 heterocycles. The standard InChI is InChI=1S/C12H21N3O4/c1-2-3-5-9(11(17)18)15-12(19)14-8-6-4-7-13-10(8)16/h8-9H,2-7H2,1H3,(H,13,16)(H,17,18)(H2,14,15,19). The van der Waals surface area contributed by atoms with Crippen LogP contribution in [0.15, 0.2) is 0 Å². The van der Waals surface area contributed by atoms with Crippen LogP contribution < -0.4 is 16.0 Å². The summed E-state index contributed by atoms with van der Waals surface area (Å²) in [6.45, 7) is 2.57. The van der Waals surface area contributed by atoms with E-state index in [2.05, 4.69) is 16.0 Å². The minimum absolute atomic E-state index is 0.221. The molecule has 0 aromatic heterocycles. The fourth-order valence-electron chi connectivity index (χ4n) is 1.93. The number of carbonyl (C=O) groups is 3. The Balaban J connectivity index is 2.43. The molecule has 7 heteroatoms. The molecule has 1 fully saturated rings. The molecular formula is C12H21N3O4. The summed E-state index contributed by atoms with van der Waals surface area (Å²) >= 11 is 0. The lowest BCUT2D eigenvalue weighted by atomic mass is 10.1. The smallest absolute Gasteiger partial charge is 0.326 e. The number of piperidine rings is 1. The average molecular weight is 271 g/mol. The van der Waals surface area contributed by atoms with Crippen LogP contribution in [0.2, 0.25) is 0 Å². The molecule has 7 nitrogen and oxygen atoms in total. The van der Waals surface area contributed by atoms with Crippen LogP contribution in [0.1, 0.15) is 39.0 Å². The van der Waals surface area contributed by atoms with Crippen molar-refractivity contribution in [2.75, 3.05) is 6.54 Å². The minimum Gasteiger partial charge on any atom is -0.480 e. The molecule has 108 valence electrons. The van der Waals surface area contributed by atoms with Crippen molar-refractivity contribution in [2.24, 2.45) is 0 Å². The van der Waals surface area contributed by atoms with Gasteiger partial charge >= 0.3 is 12.0 Å². The number of carboxylic acid groups (broad SMARTS) is 1. The van der Waals surface area contributed by atoms with Crippen molar-refractivity contribution < 1.29 is 19.5 Å². The molecule has 19 heavy (non-hydrogen) atoms. The molecule has 1 aliphatic heterocycles. The van der Waals surface area contributed by atoms with Gasteiger partial charge in [-0.25, -0.2) is 9.59 Å². The zero-order valence-electron chi connectivity index (χ0n) is 11.1. The fourth-order valence-corrected chi connectivity index (χ4v) is 1.93. The van der Waals surface area contributed by atoms with E-state index in [0.29, 0.717) is 19.4 Å². The highest BCUT2D eigenvalue weighted by Crippen LogP contribution is 2.04. The molecule has 1 aliphatic rings. The Bertz CT molecular complexity index is 346. The first kappa shape index (κ1) is 15.3. The van der Waals surface area contributed by atoms with Gasteiger partial charge in [-0.05, 0) is 19.3 Å². The molecule has 0 aromatic carbocycles. The third kappa shape index (κ3) is 5.15. The summed E-state index contributed by atoms with van der Waals surface area (Å²) in [7, 11) is 0. The van der Waals surface area contributed by atoms with Gasteiger partial charge in [0.15, 0.2) is 0 Å². The van der Waals surface area contributed by atoms with Crippen molar-refractivity contribution in [3.63, 3.8) is 0 Å². The summed E-state index contributed by atoms with van der Waals surface area (Å²) in [5, 5.41) is 16.5. The van der Waals surface area contributed by atoms with Crippen LogP contribution in [0.4, 0.5) is 4.79 Å². The van der Waals surface area contributed by atoms with Crippen molar-refractivity contribution in [3.05, 3.63) is 0 Å². The van der Waals surface area contributed by atoms with Crippen molar-refractivity contribution in [2.45, 2.75) is 51.1 Å². The molecule has 0 bridgehead atoms. The molecule has 2 atom stereocenters. The lowest BCUT2D eigenvalue weighted by Gasteiger charge is -2.24. The van der Waals surface area contributed by atoms with Gasteiger partial charge in [0.05, 0.1) is 0 Å². The Kier molecular flexibility index (Phi) is 6.11. The third-order valence-corrected chi connectivity index (χ3v) is 3.04. The quantitative estimate of drug-likeness (QED) is 0.553. The molecule has 3 amide bonds. The second-order valence-electron chi connectivity index (χ2n) is 4.64. The predicted molar refractivity (Wildman–Crippen MR) is 68.6 cm³/mol. The Morgan fingerprint density at radius 1 is 1.53 bits per heavy atom. The third-order valence-electron chi connectivity index (χ3n) is 3.04. The molecule has 0 aromatic rings. The Morgan fingerprint density at radius 3 is 2.84 bits per heavy atom. The first-order valence-corrected chi connectivity index (χ1v) is 6.62. The molecular weight excluding hydrogens is 250 g/mol. The number of amides is 3. The molecule has 0 saturated carbocycles. The first-order valence-electron chi connectivity index (χ1n) is 6.62. The maximum Gasteiger partial charge on any atom is 0.326 e. The highest BCUT2D eigenvalue weighted by atomic mass is 16.4. The largest absolute Gasteiger partial charge is 0.480 e. The van der Waals surface area contributed by atoms with Crippen LogP contribution >= 0.6 is 0 Å². The average Bonchev–Trinajstić information content (AvgIpc) is 2.37. The maximum atomic E-state index is 11.7. The summed E-state index contributed by atoms with van der Waals surface area (Å²) in [5.41, 5.74) is 0. The number of unbranched alkanes of at least 4 members (excludes halogenated alkanes) is 1. The summed E-state index contributed by atoms with van der Waals surface area (Å²) in [5.74, 6) is -1.28. The zero-order chi connectivity index (χ0) is 14.3. The minimum atomic E-state index is -1.06. The van der Waals surface area contributed by atoms with E-state index >= 15 is 0 Å². The zero-order valence-corrected chi connectivity index (χ0v) is 11.1. The van der Waals surface area contributed by atoms with E-state index in [0.717, 1.165) is 19.3 Å². The summed E-state index contributed by atoms with van der Waals surface area (Å²) in [4.78, 5) is 34.1. The van der Waals surface area contributed by atoms with Crippen molar-refractivity contribution >= 4 is 17.9 Å². The number of urea groups is 1. The molecule has 4 N–H and O–H groups in total. The van der Waals surface area contributed by atoms with Crippen LogP contribution in [0.5, 0.6) is 0 Å². The lowest BCUT2D eigenvalue weighted by Crippen LogP contribution is -2.55. The number of rotatable bonds is 6. The van der Waals surface area contributed by atoms with Gasteiger partial charge in [0.25, 0.3) is 0 Å². The van der Waals surface area contributed by atoms with Gasteiger partial charge in [0, 0.05) is 6.54 Å². The van der Waals surface area contributed by atoms with E-state index in [1.54, 1.807) is 0 Å². The summed E-state index contributed by atoms with van der Waals surface area (Å²) < 4.78 is 0. The van der Waals surface area contributed by atoms with Gasteiger partial charge in [-0.15, -0.1) is 0 Å². The number of aliphatic carboxylic acids is 1. The van der Waals surface area contributed by atoms with Crippen LogP contribution in [-0.2, 0) is 9.59 Å². The molecule has 2 unspecified atom stereocenters. The van der Waals surface area contributed by atoms with Crippen LogP contribution in [0.25, 0.3) is 0 Å². The normalized spacial score (nSPS) is 20.3. The lowest BCUT2D eigenvalue weighted by molar-refractivity contribution is -0.139. The predicted octanol–water partition coefficient (Wildman–Crippen LogP) is 0.208. The van der Waals surface area contributed by atoms with Gasteiger partial charge in [-0.3, -0.25) is 4.79 Å².